The summed E-state index contributed by atoms with van der Waals surface area (Å²) in [6.45, 7) is 2.41. The molecule has 0 saturated carbocycles. The van der Waals surface area contributed by atoms with Gasteiger partial charge in [-0.1, -0.05) is 24.3 Å². The van der Waals surface area contributed by atoms with Gasteiger partial charge in [-0.05, 0) is 54.1 Å². The Labute approximate surface area is 192 Å². The molecule has 10 heteroatoms. The van der Waals surface area contributed by atoms with E-state index < -0.39 is 21.9 Å². The van der Waals surface area contributed by atoms with Gasteiger partial charge in [-0.25, -0.2) is 4.98 Å². The van der Waals surface area contributed by atoms with E-state index in [1.165, 1.54) is 35.6 Å². The van der Waals surface area contributed by atoms with Gasteiger partial charge in [0.15, 0.2) is 0 Å². The van der Waals surface area contributed by atoms with Crippen LogP contribution >= 0.6 is 11.3 Å². The Morgan fingerprint density at radius 1 is 1.00 bits per heavy atom. The van der Waals surface area contributed by atoms with Gasteiger partial charge in [0.2, 0.25) is 0 Å². The van der Waals surface area contributed by atoms with Gasteiger partial charge in [-0.2, -0.15) is 21.6 Å². The zero-order chi connectivity index (χ0) is 24.0. The fourth-order valence-corrected chi connectivity index (χ4v) is 5.05. The zero-order valence-electron chi connectivity index (χ0n) is 17.6. The third-order valence-corrected chi connectivity index (χ3v) is 7.31. The SMILES string of the molecule is Cc1nc(-c2ccc(C(F)(F)F)cc2)sc1CN(C)c1ccc2cc(S(=O)(=O)O)ccc2c1. The molecule has 33 heavy (non-hydrogen) atoms. The molecule has 4 aromatic rings. The van der Waals surface area contributed by atoms with E-state index in [4.69, 9.17) is 0 Å². The number of fused-ring (bicyclic) bond motifs is 1. The molecule has 0 unspecified atom stereocenters. The van der Waals surface area contributed by atoms with E-state index in [2.05, 4.69) is 4.98 Å². The first-order valence-corrected chi connectivity index (χ1v) is 12.0. The van der Waals surface area contributed by atoms with E-state index in [1.54, 1.807) is 12.1 Å². The number of nitrogens with zero attached hydrogens (tertiary/aromatic N) is 2. The number of aryl methyl sites for hydroxylation is 1. The van der Waals surface area contributed by atoms with Gasteiger partial charge < -0.3 is 4.90 Å². The van der Waals surface area contributed by atoms with Crippen LogP contribution < -0.4 is 4.90 Å². The molecule has 5 nitrogen and oxygen atoms in total. The fraction of sp³-hybridized carbons (Fsp3) is 0.174. The van der Waals surface area contributed by atoms with Gasteiger partial charge in [0, 0.05) is 23.2 Å². The molecule has 0 saturated heterocycles. The average molecular weight is 493 g/mol. The van der Waals surface area contributed by atoms with Crippen molar-refractivity contribution in [1.82, 2.24) is 4.98 Å². The highest BCUT2D eigenvalue weighted by Crippen LogP contribution is 2.34. The van der Waals surface area contributed by atoms with Crippen molar-refractivity contribution in [3.8, 4) is 10.6 Å². The largest absolute Gasteiger partial charge is 0.416 e. The number of thiazole rings is 1. The molecular weight excluding hydrogens is 473 g/mol. The minimum atomic E-state index is -4.38. The molecule has 0 atom stereocenters. The lowest BCUT2D eigenvalue weighted by Gasteiger charge is -2.19. The monoisotopic (exact) mass is 492 g/mol. The molecular formula is C23H19F3N2O3S2. The van der Waals surface area contributed by atoms with Crippen LogP contribution in [-0.2, 0) is 22.8 Å². The second-order valence-electron chi connectivity index (χ2n) is 7.63. The number of aromatic nitrogens is 1. The van der Waals surface area contributed by atoms with Crippen LogP contribution in [0.2, 0.25) is 0 Å². The van der Waals surface area contributed by atoms with Crippen molar-refractivity contribution in [2.24, 2.45) is 0 Å². The normalized spacial score (nSPS) is 12.3. The van der Waals surface area contributed by atoms with Crippen LogP contribution in [0.4, 0.5) is 18.9 Å². The van der Waals surface area contributed by atoms with E-state index in [-0.39, 0.29) is 4.90 Å². The predicted octanol–water partition coefficient (Wildman–Crippen LogP) is 6.17. The van der Waals surface area contributed by atoms with E-state index in [9.17, 15) is 26.1 Å². The minimum Gasteiger partial charge on any atom is -0.369 e. The summed E-state index contributed by atoms with van der Waals surface area (Å²) in [7, 11) is -2.36. The van der Waals surface area contributed by atoms with Crippen LogP contribution in [0.3, 0.4) is 0 Å². The predicted molar refractivity (Wildman–Crippen MR) is 123 cm³/mol. The van der Waals surface area contributed by atoms with E-state index in [0.29, 0.717) is 22.5 Å². The number of hydrogen-bond donors (Lipinski definition) is 1. The molecule has 0 bridgehead atoms. The van der Waals surface area contributed by atoms with Crippen molar-refractivity contribution >= 4 is 37.9 Å². The van der Waals surface area contributed by atoms with E-state index in [0.717, 1.165) is 33.8 Å². The van der Waals surface area contributed by atoms with Gasteiger partial charge in [0.25, 0.3) is 10.1 Å². The van der Waals surface area contributed by atoms with Crippen molar-refractivity contribution in [2.45, 2.75) is 24.5 Å². The Hall–Kier alpha value is -2.95. The summed E-state index contributed by atoms with van der Waals surface area (Å²) in [4.78, 5) is 7.36. The summed E-state index contributed by atoms with van der Waals surface area (Å²) in [6.07, 6.45) is -4.38. The van der Waals surface area contributed by atoms with Crippen molar-refractivity contribution in [3.05, 3.63) is 76.8 Å². The molecule has 0 fully saturated rings. The quantitative estimate of drug-likeness (QED) is 0.337. The van der Waals surface area contributed by atoms with Crippen LogP contribution in [0.5, 0.6) is 0 Å². The third-order valence-electron chi connectivity index (χ3n) is 5.27. The van der Waals surface area contributed by atoms with Gasteiger partial charge in [-0.3, -0.25) is 4.55 Å². The molecule has 3 aromatic carbocycles. The molecule has 0 spiro atoms. The molecule has 4 rings (SSSR count). The van der Waals surface area contributed by atoms with Crippen LogP contribution in [0, 0.1) is 6.92 Å². The summed E-state index contributed by atoms with van der Waals surface area (Å²) in [5, 5.41) is 2.15. The lowest BCUT2D eigenvalue weighted by atomic mass is 10.1. The zero-order valence-corrected chi connectivity index (χ0v) is 19.2. The van der Waals surface area contributed by atoms with Crippen molar-refractivity contribution in [3.63, 3.8) is 0 Å². The van der Waals surface area contributed by atoms with Gasteiger partial charge in [0.1, 0.15) is 5.01 Å². The van der Waals surface area contributed by atoms with Crippen molar-refractivity contribution < 1.29 is 26.1 Å². The maximum atomic E-state index is 12.8. The summed E-state index contributed by atoms with van der Waals surface area (Å²) >= 11 is 1.43. The maximum absolute atomic E-state index is 12.8. The molecule has 0 aliphatic rings. The lowest BCUT2D eigenvalue weighted by molar-refractivity contribution is -0.137. The Balaban J connectivity index is 1.55. The highest BCUT2D eigenvalue weighted by atomic mass is 32.2. The summed E-state index contributed by atoms with van der Waals surface area (Å²) in [5.74, 6) is 0. The maximum Gasteiger partial charge on any atom is 0.416 e. The number of benzene rings is 3. The highest BCUT2D eigenvalue weighted by molar-refractivity contribution is 7.85. The minimum absolute atomic E-state index is 0.160. The third kappa shape index (κ3) is 5.02. The average Bonchev–Trinajstić information content (AvgIpc) is 3.12. The Morgan fingerprint density at radius 2 is 1.64 bits per heavy atom. The van der Waals surface area contributed by atoms with Crippen molar-refractivity contribution in [2.75, 3.05) is 11.9 Å². The Morgan fingerprint density at radius 3 is 2.27 bits per heavy atom. The molecule has 172 valence electrons. The second kappa shape index (κ2) is 8.44. The Kier molecular flexibility index (Phi) is 5.94. The first-order chi connectivity index (χ1) is 15.4. The number of alkyl halides is 3. The number of hydrogen-bond acceptors (Lipinski definition) is 5. The van der Waals surface area contributed by atoms with Crippen molar-refractivity contribution in [1.29, 1.82) is 0 Å². The summed E-state index contributed by atoms with van der Waals surface area (Å²) < 4.78 is 70.3. The van der Waals surface area contributed by atoms with E-state index >= 15 is 0 Å². The molecule has 1 heterocycles. The standard InChI is InChI=1S/C23H19F3N2O3S2/c1-14-21(32-22(27-14)15-3-7-18(8-4-15)23(24,25)26)13-28(2)19-9-5-17-12-20(33(29,30)31)10-6-16(17)11-19/h3-12H,13H2,1-2H3,(H,29,30,31). The van der Waals surface area contributed by atoms with E-state index in [1.807, 2.05) is 31.0 Å². The smallest absolute Gasteiger partial charge is 0.369 e. The summed E-state index contributed by atoms with van der Waals surface area (Å²) in [5.41, 5.74) is 1.64. The van der Waals surface area contributed by atoms with Crippen LogP contribution in [-0.4, -0.2) is 25.0 Å². The van der Waals surface area contributed by atoms with Gasteiger partial charge >= 0.3 is 6.18 Å². The van der Waals surface area contributed by atoms with Crippen LogP contribution in [0.15, 0.2) is 65.6 Å². The first-order valence-electron chi connectivity index (χ1n) is 9.78. The summed E-state index contributed by atoms with van der Waals surface area (Å²) in [6, 6.07) is 14.9. The van der Waals surface area contributed by atoms with Gasteiger partial charge in [0.05, 0.1) is 22.7 Å². The molecule has 1 aromatic heterocycles. The number of rotatable bonds is 5. The number of halogens is 3. The molecule has 1 N–H and O–H groups in total. The molecule has 0 radical (unpaired) electrons. The van der Waals surface area contributed by atoms with Gasteiger partial charge in [-0.15, -0.1) is 11.3 Å². The van der Waals surface area contributed by atoms with Crippen LogP contribution in [0.25, 0.3) is 21.3 Å². The number of anilines is 1. The second-order valence-corrected chi connectivity index (χ2v) is 10.1. The fourth-order valence-electron chi connectivity index (χ4n) is 3.42. The lowest BCUT2D eigenvalue weighted by Crippen LogP contribution is -2.16. The molecule has 0 aliphatic carbocycles. The Bertz CT molecular complexity index is 1430. The topological polar surface area (TPSA) is 70.5 Å². The van der Waals surface area contributed by atoms with Crippen LogP contribution in [0.1, 0.15) is 16.1 Å². The molecule has 0 amide bonds. The molecule has 0 aliphatic heterocycles. The highest BCUT2D eigenvalue weighted by Gasteiger charge is 2.30. The first kappa shape index (κ1) is 23.2.